The fourth-order valence-corrected chi connectivity index (χ4v) is 3.08. The summed E-state index contributed by atoms with van der Waals surface area (Å²) in [6.45, 7) is 0.0711. The topological polar surface area (TPSA) is 85.6 Å². The van der Waals surface area contributed by atoms with E-state index in [1.807, 2.05) is 42.7 Å². The molecule has 3 aromatic rings. The molecule has 0 aliphatic rings. The molecule has 158 valence electrons. The molecular weight excluding hydrogens is 396 g/mol. The fraction of sp³-hybridized carbons (Fsp3) is 0.167. The summed E-state index contributed by atoms with van der Waals surface area (Å²) < 4.78 is 11.2. The average Bonchev–Trinajstić information content (AvgIpc) is 2.79. The van der Waals surface area contributed by atoms with Gasteiger partial charge in [0.15, 0.2) is 12.4 Å². The molecule has 0 unspecified atom stereocenters. The van der Waals surface area contributed by atoms with Crippen LogP contribution >= 0.6 is 0 Å². The summed E-state index contributed by atoms with van der Waals surface area (Å²) in [6.07, 6.45) is 4.48. The molecule has 0 atom stereocenters. The van der Waals surface area contributed by atoms with Gasteiger partial charge in [-0.15, -0.1) is 0 Å². The maximum Gasteiger partial charge on any atom is 0.337 e. The van der Waals surface area contributed by atoms with Gasteiger partial charge in [-0.1, -0.05) is 30.3 Å². The number of amides is 1. The zero-order chi connectivity index (χ0) is 22.2. The van der Waals surface area contributed by atoms with Gasteiger partial charge in [0, 0.05) is 17.8 Å². The number of nitrogens with one attached hydrogen (secondary N) is 1. The lowest BCUT2D eigenvalue weighted by atomic mass is 10.1. The molecular formula is C24H23N2O5+. The van der Waals surface area contributed by atoms with Crippen molar-refractivity contribution < 1.29 is 28.4 Å². The van der Waals surface area contributed by atoms with E-state index >= 15 is 0 Å². The summed E-state index contributed by atoms with van der Waals surface area (Å²) in [5, 5.41) is 2.71. The van der Waals surface area contributed by atoms with E-state index in [4.69, 9.17) is 9.47 Å². The van der Waals surface area contributed by atoms with Gasteiger partial charge in [-0.25, -0.2) is 9.59 Å². The zero-order valence-corrected chi connectivity index (χ0v) is 17.3. The van der Waals surface area contributed by atoms with Gasteiger partial charge in [-0.05, 0) is 35.7 Å². The van der Waals surface area contributed by atoms with Gasteiger partial charge in [0.2, 0.25) is 6.54 Å². The molecule has 0 aliphatic heterocycles. The molecule has 1 heterocycles. The normalized spacial score (nSPS) is 10.3. The van der Waals surface area contributed by atoms with Crippen LogP contribution in [0.5, 0.6) is 0 Å². The van der Waals surface area contributed by atoms with Crippen molar-refractivity contribution in [2.75, 3.05) is 19.5 Å². The number of hydrogen-bond acceptors (Lipinski definition) is 5. The summed E-state index contributed by atoms with van der Waals surface area (Å²) in [4.78, 5) is 36.2. The van der Waals surface area contributed by atoms with Crippen LogP contribution in [0, 0.1) is 0 Å². The second kappa shape index (κ2) is 10.2. The zero-order valence-electron chi connectivity index (χ0n) is 17.3. The molecule has 0 aliphatic carbocycles. The molecule has 3 rings (SSSR count). The van der Waals surface area contributed by atoms with Gasteiger partial charge < -0.3 is 14.8 Å². The van der Waals surface area contributed by atoms with Crippen molar-refractivity contribution in [2.45, 2.75) is 13.0 Å². The SMILES string of the molecule is COC(=O)c1cc(NC(=O)C[n+]2ccc(Cc3ccccc3)cc2)cc(C(=O)OC)c1. The van der Waals surface area contributed by atoms with Gasteiger partial charge in [0.1, 0.15) is 0 Å². The van der Waals surface area contributed by atoms with E-state index in [1.165, 1.54) is 38.0 Å². The van der Waals surface area contributed by atoms with Crippen LogP contribution in [0.3, 0.4) is 0 Å². The number of benzene rings is 2. The lowest BCUT2D eigenvalue weighted by Gasteiger charge is -2.09. The number of esters is 2. The van der Waals surface area contributed by atoms with Gasteiger partial charge >= 0.3 is 11.9 Å². The summed E-state index contributed by atoms with van der Waals surface area (Å²) in [5.41, 5.74) is 2.92. The monoisotopic (exact) mass is 419 g/mol. The third-order valence-electron chi connectivity index (χ3n) is 4.60. The third kappa shape index (κ3) is 5.99. The van der Waals surface area contributed by atoms with E-state index in [0.717, 1.165) is 12.0 Å². The van der Waals surface area contributed by atoms with E-state index in [2.05, 4.69) is 17.4 Å². The van der Waals surface area contributed by atoms with Crippen LogP contribution < -0.4 is 9.88 Å². The van der Waals surface area contributed by atoms with Crippen molar-refractivity contribution in [3.05, 3.63) is 95.3 Å². The number of hydrogen-bond donors (Lipinski definition) is 1. The maximum atomic E-state index is 12.5. The van der Waals surface area contributed by atoms with Crippen molar-refractivity contribution in [1.29, 1.82) is 0 Å². The third-order valence-corrected chi connectivity index (χ3v) is 4.60. The molecule has 0 radical (unpaired) electrons. The number of pyridine rings is 1. The number of rotatable bonds is 7. The molecule has 2 aromatic carbocycles. The van der Waals surface area contributed by atoms with Gasteiger partial charge in [-0.3, -0.25) is 4.79 Å². The van der Waals surface area contributed by atoms with E-state index in [-0.39, 0.29) is 23.6 Å². The Kier molecular flexibility index (Phi) is 7.11. The Hall–Kier alpha value is -4.00. The Bertz CT molecular complexity index is 1040. The largest absolute Gasteiger partial charge is 0.465 e. The summed E-state index contributed by atoms with van der Waals surface area (Å²) in [7, 11) is 2.48. The van der Waals surface area contributed by atoms with E-state index in [1.54, 1.807) is 4.57 Å². The number of ether oxygens (including phenoxy) is 2. The van der Waals surface area contributed by atoms with E-state index < -0.39 is 11.9 Å². The molecule has 0 spiro atoms. The number of aromatic nitrogens is 1. The van der Waals surface area contributed by atoms with Crippen molar-refractivity contribution in [3.8, 4) is 0 Å². The highest BCUT2D eigenvalue weighted by Crippen LogP contribution is 2.17. The van der Waals surface area contributed by atoms with Crippen molar-refractivity contribution in [2.24, 2.45) is 0 Å². The highest BCUT2D eigenvalue weighted by atomic mass is 16.5. The molecule has 7 heteroatoms. The minimum absolute atomic E-state index is 0.0711. The molecule has 0 saturated heterocycles. The lowest BCUT2D eigenvalue weighted by Crippen LogP contribution is -2.39. The predicted molar refractivity (Wildman–Crippen MR) is 114 cm³/mol. The van der Waals surface area contributed by atoms with E-state index in [9.17, 15) is 14.4 Å². The average molecular weight is 419 g/mol. The second-order valence-corrected chi connectivity index (χ2v) is 6.87. The second-order valence-electron chi connectivity index (χ2n) is 6.87. The van der Waals surface area contributed by atoms with Crippen LogP contribution in [-0.4, -0.2) is 32.1 Å². The van der Waals surface area contributed by atoms with Gasteiger partial charge in [0.05, 0.1) is 25.3 Å². The predicted octanol–water partition coefficient (Wildman–Crippen LogP) is 2.78. The first-order chi connectivity index (χ1) is 15.0. The Morgan fingerprint density at radius 1 is 0.806 bits per heavy atom. The van der Waals surface area contributed by atoms with Gasteiger partial charge in [-0.2, -0.15) is 4.57 Å². The maximum absolute atomic E-state index is 12.5. The first-order valence-corrected chi connectivity index (χ1v) is 9.62. The number of carbonyl (C=O) groups excluding carboxylic acids is 3. The lowest BCUT2D eigenvalue weighted by molar-refractivity contribution is -0.684. The van der Waals surface area contributed by atoms with Crippen molar-refractivity contribution >= 4 is 23.5 Å². The highest BCUT2D eigenvalue weighted by Gasteiger charge is 2.16. The quantitative estimate of drug-likeness (QED) is 0.470. The summed E-state index contributed by atoms with van der Waals surface area (Å²) >= 11 is 0. The molecule has 31 heavy (non-hydrogen) atoms. The van der Waals surface area contributed by atoms with Crippen LogP contribution in [-0.2, 0) is 27.2 Å². The molecule has 1 N–H and O–H groups in total. The Morgan fingerprint density at radius 2 is 1.35 bits per heavy atom. The standard InChI is InChI=1S/C24H22N2O5/c1-30-23(28)19-13-20(24(29)31-2)15-21(14-19)25-22(27)16-26-10-8-18(9-11-26)12-17-6-4-3-5-7-17/h3-11,13-15H,12,16H2,1-2H3/p+1. The number of anilines is 1. The smallest absolute Gasteiger partial charge is 0.337 e. The number of nitrogens with zero attached hydrogens (tertiary/aromatic N) is 1. The molecule has 7 nitrogen and oxygen atoms in total. The highest BCUT2D eigenvalue weighted by molar-refractivity contribution is 5.99. The Balaban J connectivity index is 1.68. The van der Waals surface area contributed by atoms with Crippen LogP contribution in [0.1, 0.15) is 31.8 Å². The summed E-state index contributed by atoms with van der Waals surface area (Å²) in [5.74, 6) is -1.55. The molecule has 0 bridgehead atoms. The first kappa shape index (κ1) is 21.7. The van der Waals surface area contributed by atoms with E-state index in [0.29, 0.717) is 5.69 Å². The Labute approximate surface area is 180 Å². The van der Waals surface area contributed by atoms with Crippen molar-refractivity contribution in [1.82, 2.24) is 0 Å². The minimum Gasteiger partial charge on any atom is -0.465 e. The molecule has 1 aromatic heterocycles. The van der Waals surface area contributed by atoms with Gasteiger partial charge in [0.25, 0.3) is 5.91 Å². The Morgan fingerprint density at radius 3 is 1.90 bits per heavy atom. The number of carbonyl (C=O) groups is 3. The number of methoxy groups -OCH3 is 2. The molecule has 0 fully saturated rings. The van der Waals surface area contributed by atoms with Crippen LogP contribution in [0.2, 0.25) is 0 Å². The molecule has 0 saturated carbocycles. The van der Waals surface area contributed by atoms with Crippen LogP contribution in [0.25, 0.3) is 0 Å². The van der Waals surface area contributed by atoms with Crippen LogP contribution in [0.4, 0.5) is 5.69 Å². The first-order valence-electron chi connectivity index (χ1n) is 9.62. The minimum atomic E-state index is -0.621. The summed E-state index contributed by atoms with van der Waals surface area (Å²) in [6, 6.07) is 18.3. The van der Waals surface area contributed by atoms with Crippen molar-refractivity contribution in [3.63, 3.8) is 0 Å². The fourth-order valence-electron chi connectivity index (χ4n) is 3.08. The molecule has 1 amide bonds. The van der Waals surface area contributed by atoms with Crippen LogP contribution in [0.15, 0.2) is 73.1 Å².